The number of anilines is 1. The van der Waals surface area contributed by atoms with E-state index in [4.69, 9.17) is 9.47 Å². The van der Waals surface area contributed by atoms with E-state index >= 15 is 0 Å². The van der Waals surface area contributed by atoms with E-state index in [1.54, 1.807) is 13.0 Å². The van der Waals surface area contributed by atoms with E-state index in [0.717, 1.165) is 4.31 Å². The lowest BCUT2D eigenvalue weighted by Crippen LogP contribution is -2.54. The number of hydrogen-bond donors (Lipinski definition) is 1. The van der Waals surface area contributed by atoms with Crippen LogP contribution in [0, 0.1) is 5.82 Å². The van der Waals surface area contributed by atoms with Gasteiger partial charge in [0.05, 0.1) is 11.4 Å². The monoisotopic (exact) mass is 521 g/mol. The summed E-state index contributed by atoms with van der Waals surface area (Å²) in [5, 5.41) is 2.85. The summed E-state index contributed by atoms with van der Waals surface area (Å²) < 4.78 is 51.1. The Morgan fingerprint density at radius 3 is 2.33 bits per heavy atom. The molecule has 0 saturated heterocycles. The highest BCUT2D eigenvalue weighted by Gasteiger charge is 2.32. The number of carbonyl (C=O) groups excluding carboxylic acids is 2. The van der Waals surface area contributed by atoms with Crippen LogP contribution < -0.4 is 19.1 Å². The Morgan fingerprint density at radius 1 is 1.08 bits per heavy atom. The highest BCUT2D eigenvalue weighted by Crippen LogP contribution is 2.36. The highest BCUT2D eigenvalue weighted by atomic mass is 32.2. The number of hydrogen-bond acceptors (Lipinski definition) is 6. The zero-order chi connectivity index (χ0) is 26.7. The third kappa shape index (κ3) is 6.66. The van der Waals surface area contributed by atoms with Gasteiger partial charge in [0.2, 0.25) is 28.6 Å². The molecule has 196 valence electrons. The second-order valence-electron chi connectivity index (χ2n) is 9.51. The van der Waals surface area contributed by atoms with Crippen LogP contribution in [0.3, 0.4) is 0 Å². The van der Waals surface area contributed by atoms with Crippen LogP contribution in [-0.4, -0.2) is 55.8 Å². The van der Waals surface area contributed by atoms with Crippen molar-refractivity contribution >= 4 is 27.5 Å². The summed E-state index contributed by atoms with van der Waals surface area (Å²) in [5.41, 5.74) is 0.288. The van der Waals surface area contributed by atoms with E-state index in [1.165, 1.54) is 48.2 Å². The molecule has 1 atom stereocenters. The molecule has 1 heterocycles. The van der Waals surface area contributed by atoms with Crippen molar-refractivity contribution < 1.29 is 31.9 Å². The third-order valence-electron chi connectivity index (χ3n) is 5.56. The Labute approximate surface area is 211 Å². The average Bonchev–Trinajstić information content (AvgIpc) is 3.28. The molecule has 0 radical (unpaired) electrons. The molecule has 1 aliphatic heterocycles. The number of halogens is 1. The third-order valence-corrected chi connectivity index (χ3v) is 7.30. The van der Waals surface area contributed by atoms with E-state index in [-0.39, 0.29) is 24.8 Å². The minimum absolute atomic E-state index is 0.0149. The molecule has 2 amide bonds. The predicted octanol–water partition coefficient (Wildman–Crippen LogP) is 3.04. The number of rotatable bonds is 9. The molecular formula is C25H32FN3O6S. The molecule has 0 aliphatic carbocycles. The van der Waals surface area contributed by atoms with Crippen molar-refractivity contribution in [1.29, 1.82) is 0 Å². The molecule has 9 nitrogen and oxygen atoms in total. The Hall–Kier alpha value is -3.34. The van der Waals surface area contributed by atoms with Crippen LogP contribution in [0.1, 0.15) is 40.2 Å². The minimum atomic E-state index is -3.87. The molecule has 11 heteroatoms. The number of ether oxygens (including phenoxy) is 2. The van der Waals surface area contributed by atoms with Crippen LogP contribution >= 0.6 is 0 Å². The Morgan fingerprint density at radius 2 is 1.72 bits per heavy atom. The topological polar surface area (TPSA) is 105 Å². The zero-order valence-corrected chi connectivity index (χ0v) is 21.9. The highest BCUT2D eigenvalue weighted by molar-refractivity contribution is 7.92. The number of sulfonamides is 1. The second kappa shape index (κ2) is 10.7. The largest absolute Gasteiger partial charge is 0.454 e. The van der Waals surface area contributed by atoms with Crippen molar-refractivity contribution in [3.8, 4) is 11.5 Å². The van der Waals surface area contributed by atoms with Crippen molar-refractivity contribution in [2.24, 2.45) is 0 Å². The lowest BCUT2D eigenvalue weighted by Gasteiger charge is -2.33. The van der Waals surface area contributed by atoms with Gasteiger partial charge >= 0.3 is 0 Å². The fraction of sp³-hybridized carbons (Fsp3) is 0.440. The number of fused-ring (bicyclic) bond motifs is 1. The molecule has 36 heavy (non-hydrogen) atoms. The minimum Gasteiger partial charge on any atom is -0.454 e. The normalized spacial score (nSPS) is 13.7. The summed E-state index contributed by atoms with van der Waals surface area (Å²) in [6.07, 6.45) is 0. The fourth-order valence-corrected chi connectivity index (χ4v) is 4.66. The number of nitrogens with one attached hydrogen (secondary N) is 1. The van der Waals surface area contributed by atoms with Crippen LogP contribution in [0.5, 0.6) is 11.5 Å². The lowest BCUT2D eigenvalue weighted by molar-refractivity contribution is -0.140. The molecule has 1 unspecified atom stereocenters. The first-order valence-corrected chi connectivity index (χ1v) is 13.2. The van der Waals surface area contributed by atoms with Gasteiger partial charge in [-0.25, -0.2) is 12.8 Å². The first-order valence-electron chi connectivity index (χ1n) is 11.6. The molecule has 1 N–H and O–H groups in total. The SMILES string of the molecule is CCS(=O)(=O)N(CC(=O)N(Cc1ccc(F)cc1)C(C)C(=O)NC(C)(C)C)c1ccc2c(c1)OCO2. The molecule has 0 saturated carbocycles. The summed E-state index contributed by atoms with van der Waals surface area (Å²) in [6.45, 7) is 7.97. The van der Waals surface area contributed by atoms with Gasteiger partial charge in [-0.3, -0.25) is 13.9 Å². The molecule has 0 aromatic heterocycles. The molecule has 0 spiro atoms. The standard InChI is InChI=1S/C25H32FN3O6S/c1-6-36(32,33)29(20-11-12-21-22(13-20)35-16-34-21)15-23(30)28(14-18-7-9-19(26)10-8-18)17(2)24(31)27-25(3,4)5/h7-13,17H,6,14-16H2,1-5H3,(H,27,31). The maximum Gasteiger partial charge on any atom is 0.244 e. The van der Waals surface area contributed by atoms with Crippen LogP contribution in [0.25, 0.3) is 0 Å². The van der Waals surface area contributed by atoms with Crippen molar-refractivity contribution in [3.05, 3.63) is 53.8 Å². The summed E-state index contributed by atoms with van der Waals surface area (Å²) in [7, 11) is -3.87. The van der Waals surface area contributed by atoms with Crippen LogP contribution in [0.15, 0.2) is 42.5 Å². The van der Waals surface area contributed by atoms with E-state index in [1.807, 2.05) is 20.8 Å². The van der Waals surface area contributed by atoms with Crippen molar-refractivity contribution in [1.82, 2.24) is 10.2 Å². The number of nitrogens with zero attached hydrogens (tertiary/aromatic N) is 2. The Kier molecular flexibility index (Phi) is 8.12. The summed E-state index contributed by atoms with van der Waals surface area (Å²) >= 11 is 0. The van der Waals surface area contributed by atoms with E-state index < -0.39 is 45.8 Å². The maximum absolute atomic E-state index is 13.6. The first kappa shape index (κ1) is 27.3. The summed E-state index contributed by atoms with van der Waals surface area (Å²) in [6, 6.07) is 9.25. The van der Waals surface area contributed by atoms with Gasteiger partial charge in [0.1, 0.15) is 18.4 Å². The second-order valence-corrected chi connectivity index (χ2v) is 11.7. The zero-order valence-electron chi connectivity index (χ0n) is 21.1. The molecule has 0 bridgehead atoms. The Bertz CT molecular complexity index is 1210. The van der Waals surface area contributed by atoms with Gasteiger partial charge in [0.25, 0.3) is 0 Å². The molecule has 2 aromatic rings. The smallest absolute Gasteiger partial charge is 0.244 e. The van der Waals surface area contributed by atoms with Gasteiger partial charge in [-0.2, -0.15) is 0 Å². The number of carbonyl (C=O) groups is 2. The summed E-state index contributed by atoms with van der Waals surface area (Å²) in [4.78, 5) is 27.9. The lowest BCUT2D eigenvalue weighted by atomic mass is 10.1. The predicted molar refractivity (Wildman–Crippen MR) is 134 cm³/mol. The first-order chi connectivity index (χ1) is 16.8. The van der Waals surface area contributed by atoms with Crippen molar-refractivity contribution in [2.45, 2.75) is 52.7 Å². The van der Waals surface area contributed by atoms with Gasteiger partial charge in [-0.05, 0) is 64.4 Å². The number of amides is 2. The quantitative estimate of drug-likeness (QED) is 0.544. The van der Waals surface area contributed by atoms with Gasteiger partial charge in [0.15, 0.2) is 11.5 Å². The van der Waals surface area contributed by atoms with E-state index in [0.29, 0.717) is 17.1 Å². The molecule has 3 rings (SSSR count). The van der Waals surface area contributed by atoms with Gasteiger partial charge in [-0.1, -0.05) is 12.1 Å². The van der Waals surface area contributed by atoms with Gasteiger partial charge < -0.3 is 19.7 Å². The van der Waals surface area contributed by atoms with Crippen LogP contribution in [-0.2, 0) is 26.2 Å². The van der Waals surface area contributed by atoms with Crippen molar-refractivity contribution in [3.63, 3.8) is 0 Å². The number of benzene rings is 2. The van der Waals surface area contributed by atoms with Crippen molar-refractivity contribution in [2.75, 3.05) is 23.4 Å². The van der Waals surface area contributed by atoms with Gasteiger partial charge in [-0.15, -0.1) is 0 Å². The fourth-order valence-electron chi connectivity index (χ4n) is 3.60. The Balaban J connectivity index is 1.94. The molecule has 2 aromatic carbocycles. The average molecular weight is 522 g/mol. The van der Waals surface area contributed by atoms with Crippen LogP contribution in [0.4, 0.5) is 10.1 Å². The molecule has 0 fully saturated rings. The molecular weight excluding hydrogens is 489 g/mol. The molecule has 1 aliphatic rings. The maximum atomic E-state index is 13.6. The van der Waals surface area contributed by atoms with E-state index in [9.17, 15) is 22.4 Å². The summed E-state index contributed by atoms with van der Waals surface area (Å²) in [5.74, 6) is -0.816. The van der Waals surface area contributed by atoms with E-state index in [2.05, 4.69) is 5.32 Å². The van der Waals surface area contributed by atoms with Gasteiger partial charge in [0, 0.05) is 18.2 Å². The van der Waals surface area contributed by atoms with Crippen LogP contribution in [0.2, 0.25) is 0 Å².